The molecule has 6 heteroatoms. The zero-order valence-corrected chi connectivity index (χ0v) is 13.7. The van der Waals surface area contributed by atoms with Gasteiger partial charge in [-0.3, -0.25) is 4.90 Å². The van der Waals surface area contributed by atoms with Crippen LogP contribution >= 0.6 is 0 Å². The fraction of sp³-hybridized carbons (Fsp3) is 0.471. The molecule has 0 bridgehead atoms. The van der Waals surface area contributed by atoms with Crippen LogP contribution in [-0.2, 0) is 11.3 Å². The molecule has 0 spiro atoms. The standard InChI is InChI=1S/C17H23FN4O/c1-20(2)12-17-13-21(8-9-23-17)11-15-6-7-22(19-15)16-5-3-4-14(18)10-16/h3-7,10,17H,8-9,11-13H2,1-2H3/t17-/m0/s1. The number of nitrogens with zero attached hydrogens (tertiary/aromatic N) is 4. The maximum atomic E-state index is 13.3. The Morgan fingerprint density at radius 3 is 3.00 bits per heavy atom. The van der Waals surface area contributed by atoms with E-state index in [1.807, 2.05) is 18.3 Å². The number of likely N-dealkylation sites (N-methyl/N-ethyl adjacent to an activating group) is 1. The first-order valence-electron chi connectivity index (χ1n) is 7.89. The molecule has 124 valence electrons. The second-order valence-electron chi connectivity index (χ2n) is 6.22. The van der Waals surface area contributed by atoms with E-state index in [-0.39, 0.29) is 11.9 Å². The fourth-order valence-electron chi connectivity index (χ4n) is 2.88. The number of ether oxygens (including phenoxy) is 1. The van der Waals surface area contributed by atoms with Crippen molar-refractivity contribution < 1.29 is 9.13 Å². The van der Waals surface area contributed by atoms with Gasteiger partial charge in [-0.15, -0.1) is 0 Å². The smallest absolute Gasteiger partial charge is 0.125 e. The van der Waals surface area contributed by atoms with Gasteiger partial charge in [-0.1, -0.05) is 6.07 Å². The third kappa shape index (κ3) is 4.37. The summed E-state index contributed by atoms with van der Waals surface area (Å²) in [6.45, 7) is 4.29. The maximum Gasteiger partial charge on any atom is 0.125 e. The molecule has 1 aliphatic heterocycles. The van der Waals surface area contributed by atoms with Crippen molar-refractivity contribution >= 4 is 0 Å². The molecule has 2 heterocycles. The zero-order chi connectivity index (χ0) is 16.2. The summed E-state index contributed by atoms with van der Waals surface area (Å²) >= 11 is 0. The highest BCUT2D eigenvalue weighted by Crippen LogP contribution is 2.13. The normalized spacial score (nSPS) is 19.4. The third-order valence-electron chi connectivity index (χ3n) is 3.89. The van der Waals surface area contributed by atoms with Gasteiger partial charge >= 0.3 is 0 Å². The molecule has 1 atom stereocenters. The van der Waals surface area contributed by atoms with Crippen LogP contribution in [0, 0.1) is 5.82 Å². The number of rotatable bonds is 5. The van der Waals surface area contributed by atoms with E-state index in [4.69, 9.17) is 4.74 Å². The summed E-state index contributed by atoms with van der Waals surface area (Å²) in [5.74, 6) is -0.251. The second kappa shape index (κ2) is 7.21. The second-order valence-corrected chi connectivity index (χ2v) is 6.22. The molecule has 0 N–H and O–H groups in total. The van der Waals surface area contributed by atoms with E-state index in [1.165, 1.54) is 12.1 Å². The van der Waals surface area contributed by atoms with Crippen LogP contribution in [-0.4, -0.2) is 66.0 Å². The lowest BCUT2D eigenvalue weighted by atomic mass is 10.2. The van der Waals surface area contributed by atoms with Gasteiger partial charge in [0.1, 0.15) is 5.82 Å². The van der Waals surface area contributed by atoms with Gasteiger partial charge in [0.15, 0.2) is 0 Å². The number of aromatic nitrogens is 2. The molecule has 1 aliphatic rings. The lowest BCUT2D eigenvalue weighted by Crippen LogP contribution is -2.46. The van der Waals surface area contributed by atoms with Crippen LogP contribution in [0.5, 0.6) is 0 Å². The largest absolute Gasteiger partial charge is 0.374 e. The summed E-state index contributed by atoms with van der Waals surface area (Å²) in [7, 11) is 4.12. The molecule has 0 amide bonds. The summed E-state index contributed by atoms with van der Waals surface area (Å²) in [4.78, 5) is 4.50. The van der Waals surface area contributed by atoms with Crippen LogP contribution in [0.4, 0.5) is 4.39 Å². The molecule has 0 radical (unpaired) electrons. The number of halogens is 1. The SMILES string of the molecule is CN(C)C[C@H]1CN(Cc2ccn(-c3cccc(F)c3)n2)CCO1. The summed E-state index contributed by atoms with van der Waals surface area (Å²) in [6, 6.07) is 8.45. The maximum absolute atomic E-state index is 13.3. The van der Waals surface area contributed by atoms with Gasteiger partial charge in [0.05, 0.1) is 24.1 Å². The minimum atomic E-state index is -0.251. The molecule has 0 saturated carbocycles. The molecule has 1 aromatic carbocycles. The van der Waals surface area contributed by atoms with Crippen molar-refractivity contribution in [1.29, 1.82) is 0 Å². The Balaban J connectivity index is 1.62. The summed E-state index contributed by atoms with van der Waals surface area (Å²) < 4.78 is 20.8. The molecule has 1 saturated heterocycles. The first kappa shape index (κ1) is 16.1. The summed E-state index contributed by atoms with van der Waals surface area (Å²) in [5, 5.41) is 4.56. The van der Waals surface area contributed by atoms with E-state index in [2.05, 4.69) is 29.0 Å². The Kier molecular flexibility index (Phi) is 5.05. The molecule has 1 aromatic heterocycles. The van der Waals surface area contributed by atoms with Crippen LogP contribution in [0.25, 0.3) is 5.69 Å². The van der Waals surface area contributed by atoms with Gasteiger partial charge in [0, 0.05) is 32.4 Å². The molecular formula is C17H23FN4O. The first-order chi connectivity index (χ1) is 11.1. The molecule has 1 fully saturated rings. The van der Waals surface area contributed by atoms with Crippen LogP contribution in [0.15, 0.2) is 36.5 Å². The molecule has 5 nitrogen and oxygen atoms in total. The number of benzene rings is 1. The Hall–Kier alpha value is -1.76. The van der Waals surface area contributed by atoms with Crippen molar-refractivity contribution in [2.75, 3.05) is 40.3 Å². The van der Waals surface area contributed by atoms with E-state index in [1.54, 1.807) is 10.7 Å². The van der Waals surface area contributed by atoms with Crippen molar-refractivity contribution in [3.63, 3.8) is 0 Å². The van der Waals surface area contributed by atoms with E-state index in [0.29, 0.717) is 0 Å². The number of hydrogen-bond donors (Lipinski definition) is 0. The van der Waals surface area contributed by atoms with E-state index in [9.17, 15) is 4.39 Å². The van der Waals surface area contributed by atoms with E-state index in [0.717, 1.165) is 44.2 Å². The topological polar surface area (TPSA) is 33.5 Å². The lowest BCUT2D eigenvalue weighted by Gasteiger charge is -2.33. The van der Waals surface area contributed by atoms with Crippen molar-refractivity contribution in [2.45, 2.75) is 12.6 Å². The Labute approximate surface area is 136 Å². The Bertz CT molecular complexity index is 643. The van der Waals surface area contributed by atoms with Gasteiger partial charge in [0.2, 0.25) is 0 Å². The van der Waals surface area contributed by atoms with Crippen LogP contribution < -0.4 is 0 Å². The Morgan fingerprint density at radius 2 is 2.22 bits per heavy atom. The third-order valence-corrected chi connectivity index (χ3v) is 3.89. The van der Waals surface area contributed by atoms with Gasteiger partial charge < -0.3 is 9.64 Å². The number of morpholine rings is 1. The zero-order valence-electron chi connectivity index (χ0n) is 13.7. The average Bonchev–Trinajstić information content (AvgIpc) is 2.95. The minimum Gasteiger partial charge on any atom is -0.374 e. The summed E-state index contributed by atoms with van der Waals surface area (Å²) in [6.07, 6.45) is 2.12. The van der Waals surface area contributed by atoms with Crippen molar-refractivity contribution in [1.82, 2.24) is 19.6 Å². The van der Waals surface area contributed by atoms with Crippen molar-refractivity contribution in [3.05, 3.63) is 48.0 Å². The monoisotopic (exact) mass is 318 g/mol. The van der Waals surface area contributed by atoms with Gasteiger partial charge in [-0.2, -0.15) is 5.10 Å². The highest BCUT2D eigenvalue weighted by atomic mass is 19.1. The molecule has 2 aromatic rings. The Morgan fingerprint density at radius 1 is 1.35 bits per heavy atom. The highest BCUT2D eigenvalue weighted by molar-refractivity contribution is 5.31. The van der Waals surface area contributed by atoms with Gasteiger partial charge in [-0.05, 0) is 38.4 Å². The van der Waals surface area contributed by atoms with Crippen LogP contribution in [0.2, 0.25) is 0 Å². The lowest BCUT2D eigenvalue weighted by molar-refractivity contribution is -0.0410. The van der Waals surface area contributed by atoms with E-state index < -0.39 is 0 Å². The van der Waals surface area contributed by atoms with Crippen molar-refractivity contribution in [2.24, 2.45) is 0 Å². The molecule has 3 rings (SSSR count). The van der Waals surface area contributed by atoms with Gasteiger partial charge in [0.25, 0.3) is 0 Å². The van der Waals surface area contributed by atoms with Crippen LogP contribution in [0.3, 0.4) is 0 Å². The molecule has 23 heavy (non-hydrogen) atoms. The van der Waals surface area contributed by atoms with Crippen molar-refractivity contribution in [3.8, 4) is 5.69 Å². The minimum absolute atomic E-state index is 0.240. The van der Waals surface area contributed by atoms with Crippen LogP contribution in [0.1, 0.15) is 5.69 Å². The van der Waals surface area contributed by atoms with Gasteiger partial charge in [-0.25, -0.2) is 9.07 Å². The summed E-state index contributed by atoms with van der Waals surface area (Å²) in [5.41, 5.74) is 1.73. The molecular weight excluding hydrogens is 295 g/mol. The number of hydrogen-bond acceptors (Lipinski definition) is 4. The predicted molar refractivity (Wildman–Crippen MR) is 87.1 cm³/mol. The fourth-order valence-corrected chi connectivity index (χ4v) is 2.88. The quantitative estimate of drug-likeness (QED) is 0.841. The molecule has 0 unspecified atom stereocenters. The van der Waals surface area contributed by atoms with E-state index >= 15 is 0 Å². The average molecular weight is 318 g/mol. The first-order valence-corrected chi connectivity index (χ1v) is 7.89. The highest BCUT2D eigenvalue weighted by Gasteiger charge is 2.21. The predicted octanol–water partition coefficient (Wildman–Crippen LogP) is 1.77. The molecule has 0 aliphatic carbocycles.